The molecule has 19 heavy (non-hydrogen) atoms. The molecule has 0 saturated carbocycles. The number of hydrogen-bond donors (Lipinski definition) is 0. The minimum Gasteiger partial charge on any atom is -0.486 e. The van der Waals surface area contributed by atoms with Crippen molar-refractivity contribution in [3.05, 3.63) is 54.6 Å². The lowest BCUT2D eigenvalue weighted by Gasteiger charge is -2.06. The van der Waals surface area contributed by atoms with Crippen molar-refractivity contribution in [3.63, 3.8) is 0 Å². The third kappa shape index (κ3) is 3.95. The molecular formula is C17H18O2. The number of benzene rings is 2. The second kappa shape index (κ2) is 6.74. The highest BCUT2D eigenvalue weighted by molar-refractivity contribution is 5.79. The van der Waals surface area contributed by atoms with Gasteiger partial charge in [-0.3, -0.25) is 4.79 Å². The highest BCUT2D eigenvalue weighted by Crippen LogP contribution is 2.21. The van der Waals surface area contributed by atoms with Gasteiger partial charge in [-0.25, -0.2) is 0 Å². The number of ether oxygens (including phenoxy) is 1. The Morgan fingerprint density at radius 2 is 1.58 bits per heavy atom. The fraction of sp³-hybridized carbons (Fsp3) is 0.235. The lowest BCUT2D eigenvalue weighted by atomic mass is 10.1. The van der Waals surface area contributed by atoms with Gasteiger partial charge in [0, 0.05) is 6.42 Å². The van der Waals surface area contributed by atoms with Crippen LogP contribution in [0.4, 0.5) is 0 Å². The van der Waals surface area contributed by atoms with Crippen molar-refractivity contribution in [2.75, 3.05) is 6.61 Å². The summed E-state index contributed by atoms with van der Waals surface area (Å²) < 4.78 is 5.46. The first-order chi connectivity index (χ1) is 9.29. The Labute approximate surface area is 114 Å². The third-order valence-electron chi connectivity index (χ3n) is 2.89. The van der Waals surface area contributed by atoms with E-state index in [-0.39, 0.29) is 12.4 Å². The smallest absolute Gasteiger partial charge is 0.170 e. The van der Waals surface area contributed by atoms with Crippen LogP contribution in [0.1, 0.15) is 19.8 Å². The molecule has 0 aliphatic rings. The first-order valence-corrected chi connectivity index (χ1v) is 6.59. The minimum atomic E-state index is 0.148. The normalized spacial score (nSPS) is 10.2. The first-order valence-electron chi connectivity index (χ1n) is 6.59. The molecule has 0 amide bonds. The molecule has 2 rings (SSSR count). The zero-order valence-corrected chi connectivity index (χ0v) is 11.1. The van der Waals surface area contributed by atoms with Crippen molar-refractivity contribution in [2.24, 2.45) is 0 Å². The zero-order chi connectivity index (χ0) is 13.5. The van der Waals surface area contributed by atoms with Gasteiger partial charge in [-0.15, -0.1) is 0 Å². The van der Waals surface area contributed by atoms with E-state index in [1.807, 2.05) is 49.4 Å². The predicted octanol–water partition coefficient (Wildman–Crippen LogP) is 4.10. The van der Waals surface area contributed by atoms with Crippen LogP contribution in [0, 0.1) is 0 Å². The van der Waals surface area contributed by atoms with Crippen molar-refractivity contribution >= 4 is 5.78 Å². The van der Waals surface area contributed by atoms with Crippen molar-refractivity contribution in [1.82, 2.24) is 0 Å². The average molecular weight is 254 g/mol. The molecule has 0 unspecified atom stereocenters. The second-order valence-electron chi connectivity index (χ2n) is 4.47. The van der Waals surface area contributed by atoms with Crippen LogP contribution in [0.25, 0.3) is 11.1 Å². The number of Topliss-reactive ketones (excluding diaryl/α,β-unsaturated/α-hetero) is 1. The van der Waals surface area contributed by atoms with E-state index >= 15 is 0 Å². The molecule has 2 nitrogen and oxygen atoms in total. The minimum absolute atomic E-state index is 0.148. The highest BCUT2D eigenvalue weighted by Gasteiger charge is 2.02. The lowest BCUT2D eigenvalue weighted by Crippen LogP contribution is -2.10. The quantitative estimate of drug-likeness (QED) is 0.775. The first kappa shape index (κ1) is 13.3. The van der Waals surface area contributed by atoms with E-state index in [2.05, 4.69) is 12.1 Å². The molecule has 0 aliphatic heterocycles. The molecule has 2 heteroatoms. The van der Waals surface area contributed by atoms with Crippen molar-refractivity contribution < 1.29 is 9.53 Å². The molecule has 0 aliphatic carbocycles. The molecule has 0 fully saturated rings. The maximum absolute atomic E-state index is 11.4. The van der Waals surface area contributed by atoms with Crippen LogP contribution >= 0.6 is 0 Å². The summed E-state index contributed by atoms with van der Waals surface area (Å²) in [5.41, 5.74) is 2.32. The maximum Gasteiger partial charge on any atom is 0.170 e. The standard InChI is InChI=1S/C17H18O2/c1-2-6-16(18)13-19-17-11-9-15(10-12-17)14-7-4-3-5-8-14/h3-5,7-12H,2,6,13H2,1H3. The van der Waals surface area contributed by atoms with Gasteiger partial charge in [-0.1, -0.05) is 49.4 Å². The maximum atomic E-state index is 11.4. The van der Waals surface area contributed by atoms with E-state index in [0.717, 1.165) is 17.7 Å². The number of hydrogen-bond acceptors (Lipinski definition) is 2. The van der Waals surface area contributed by atoms with E-state index in [4.69, 9.17) is 4.74 Å². The Kier molecular flexibility index (Phi) is 4.73. The zero-order valence-electron chi connectivity index (χ0n) is 11.1. The summed E-state index contributed by atoms with van der Waals surface area (Å²) in [5.74, 6) is 0.888. The lowest BCUT2D eigenvalue weighted by molar-refractivity contribution is -0.121. The van der Waals surface area contributed by atoms with Gasteiger partial charge >= 0.3 is 0 Å². The van der Waals surface area contributed by atoms with Crippen LogP contribution in [0.15, 0.2) is 54.6 Å². The Hall–Kier alpha value is -2.09. The van der Waals surface area contributed by atoms with Crippen LogP contribution < -0.4 is 4.74 Å². The van der Waals surface area contributed by atoms with E-state index < -0.39 is 0 Å². The SMILES string of the molecule is CCCC(=O)COc1ccc(-c2ccccc2)cc1. The Morgan fingerprint density at radius 1 is 0.947 bits per heavy atom. The van der Waals surface area contributed by atoms with E-state index in [1.54, 1.807) is 0 Å². The number of carbonyl (C=O) groups is 1. The Morgan fingerprint density at radius 3 is 2.21 bits per heavy atom. The van der Waals surface area contributed by atoms with Gasteiger partial charge in [0.05, 0.1) is 0 Å². The summed E-state index contributed by atoms with van der Waals surface area (Å²) in [5, 5.41) is 0. The molecule has 0 bridgehead atoms. The van der Waals surface area contributed by atoms with Crippen LogP contribution in [0.2, 0.25) is 0 Å². The van der Waals surface area contributed by atoms with Gasteiger partial charge < -0.3 is 4.74 Å². The highest BCUT2D eigenvalue weighted by atomic mass is 16.5. The Bertz CT molecular complexity index is 515. The third-order valence-corrected chi connectivity index (χ3v) is 2.89. The van der Waals surface area contributed by atoms with Crippen molar-refractivity contribution in [2.45, 2.75) is 19.8 Å². The van der Waals surface area contributed by atoms with Crippen LogP contribution in [-0.2, 0) is 4.79 Å². The number of ketones is 1. The molecule has 2 aromatic carbocycles. The summed E-state index contributed by atoms with van der Waals surface area (Å²) in [7, 11) is 0. The van der Waals surface area contributed by atoms with E-state index in [1.165, 1.54) is 5.56 Å². The van der Waals surface area contributed by atoms with Gasteiger partial charge in [0.2, 0.25) is 0 Å². The molecule has 0 aromatic heterocycles. The molecular weight excluding hydrogens is 236 g/mol. The van der Waals surface area contributed by atoms with Gasteiger partial charge in [0.15, 0.2) is 5.78 Å². The van der Waals surface area contributed by atoms with E-state index in [0.29, 0.717) is 6.42 Å². The van der Waals surface area contributed by atoms with Gasteiger partial charge in [-0.2, -0.15) is 0 Å². The van der Waals surface area contributed by atoms with Crippen molar-refractivity contribution in [1.29, 1.82) is 0 Å². The average Bonchev–Trinajstić information content (AvgIpc) is 2.47. The molecule has 0 heterocycles. The topological polar surface area (TPSA) is 26.3 Å². The van der Waals surface area contributed by atoms with Gasteiger partial charge in [0.1, 0.15) is 12.4 Å². The molecule has 0 radical (unpaired) electrons. The van der Waals surface area contributed by atoms with Gasteiger partial charge in [0.25, 0.3) is 0 Å². The van der Waals surface area contributed by atoms with Crippen molar-refractivity contribution in [3.8, 4) is 16.9 Å². The summed E-state index contributed by atoms with van der Waals surface area (Å²) >= 11 is 0. The molecule has 0 N–H and O–H groups in total. The van der Waals surface area contributed by atoms with Crippen LogP contribution in [0.3, 0.4) is 0 Å². The summed E-state index contributed by atoms with van der Waals surface area (Å²) in [6.45, 7) is 2.16. The molecule has 0 spiro atoms. The van der Waals surface area contributed by atoms with E-state index in [9.17, 15) is 4.79 Å². The largest absolute Gasteiger partial charge is 0.486 e. The fourth-order valence-corrected chi connectivity index (χ4v) is 1.89. The molecule has 0 atom stereocenters. The monoisotopic (exact) mass is 254 g/mol. The Balaban J connectivity index is 1.97. The summed E-state index contributed by atoms with van der Waals surface area (Å²) in [6, 6.07) is 18.0. The fourth-order valence-electron chi connectivity index (χ4n) is 1.89. The molecule has 0 saturated heterocycles. The molecule has 98 valence electrons. The van der Waals surface area contributed by atoms with Gasteiger partial charge in [-0.05, 0) is 29.7 Å². The number of carbonyl (C=O) groups excluding carboxylic acids is 1. The van der Waals surface area contributed by atoms with Crippen LogP contribution in [-0.4, -0.2) is 12.4 Å². The second-order valence-corrected chi connectivity index (χ2v) is 4.47. The molecule has 2 aromatic rings. The summed E-state index contributed by atoms with van der Waals surface area (Å²) in [4.78, 5) is 11.4. The number of rotatable bonds is 6. The van der Waals surface area contributed by atoms with Crippen LogP contribution in [0.5, 0.6) is 5.75 Å². The predicted molar refractivity (Wildman–Crippen MR) is 77.3 cm³/mol. The summed E-state index contributed by atoms with van der Waals surface area (Å²) in [6.07, 6.45) is 1.46.